The largest absolute Gasteiger partial charge is 0.325 e. The van der Waals surface area contributed by atoms with E-state index in [9.17, 15) is 18.4 Å². The average molecular weight is 458 g/mol. The zero-order valence-corrected chi connectivity index (χ0v) is 17.4. The van der Waals surface area contributed by atoms with Gasteiger partial charge in [-0.3, -0.25) is 14.2 Å². The van der Waals surface area contributed by atoms with Gasteiger partial charge in [0.2, 0.25) is 5.91 Å². The van der Waals surface area contributed by atoms with Gasteiger partial charge in [0, 0.05) is 5.69 Å². The molecule has 31 heavy (non-hydrogen) atoms. The molecular formula is C22H14ClF2N3O2S. The van der Waals surface area contributed by atoms with E-state index in [1.165, 1.54) is 34.9 Å². The molecule has 156 valence electrons. The maximum Gasteiger partial charge on any atom is 0.266 e. The van der Waals surface area contributed by atoms with E-state index in [1.54, 1.807) is 30.3 Å². The number of amides is 1. The average Bonchev–Trinajstić information content (AvgIpc) is 2.74. The summed E-state index contributed by atoms with van der Waals surface area (Å²) in [6.07, 6.45) is 0. The Labute approximate surface area is 184 Å². The molecule has 4 rings (SSSR count). The zero-order valence-electron chi connectivity index (χ0n) is 15.8. The molecule has 1 heterocycles. The molecule has 0 atom stereocenters. The van der Waals surface area contributed by atoms with Crippen LogP contribution in [0.15, 0.2) is 76.7 Å². The molecule has 0 aliphatic heterocycles. The minimum absolute atomic E-state index is 0.0871. The highest BCUT2D eigenvalue weighted by atomic mass is 35.5. The Balaban J connectivity index is 1.69. The molecular weight excluding hydrogens is 444 g/mol. The summed E-state index contributed by atoms with van der Waals surface area (Å²) in [5.41, 5.74) is 0.730. The minimum atomic E-state index is -0.615. The lowest BCUT2D eigenvalue weighted by Crippen LogP contribution is -2.23. The Bertz CT molecular complexity index is 1360. The van der Waals surface area contributed by atoms with Crippen molar-refractivity contribution in [3.63, 3.8) is 0 Å². The molecule has 4 aromatic rings. The van der Waals surface area contributed by atoms with Crippen molar-refractivity contribution in [3.8, 4) is 5.69 Å². The Morgan fingerprint density at radius 3 is 2.65 bits per heavy atom. The van der Waals surface area contributed by atoms with E-state index in [2.05, 4.69) is 10.3 Å². The number of nitrogens with zero attached hydrogens (tertiary/aromatic N) is 2. The highest BCUT2D eigenvalue weighted by Gasteiger charge is 2.16. The van der Waals surface area contributed by atoms with Gasteiger partial charge in [0.25, 0.3) is 5.56 Å². The predicted octanol–water partition coefficient (Wildman–Crippen LogP) is 5.05. The van der Waals surface area contributed by atoms with Crippen molar-refractivity contribution in [1.29, 1.82) is 0 Å². The van der Waals surface area contributed by atoms with E-state index in [1.807, 2.05) is 0 Å². The standard InChI is InChI=1S/C22H14ClF2N3O2S/c23-17-11-15(8-9-18(17)25)28-21(30)16-6-1-2-7-19(16)27-22(28)31-12-20(29)26-14-5-3-4-13(24)10-14/h1-11H,12H2,(H,26,29). The van der Waals surface area contributed by atoms with Crippen molar-refractivity contribution in [2.45, 2.75) is 5.16 Å². The summed E-state index contributed by atoms with van der Waals surface area (Å²) in [7, 11) is 0. The number of fused-ring (bicyclic) bond motifs is 1. The van der Waals surface area contributed by atoms with Gasteiger partial charge in [0.15, 0.2) is 5.16 Å². The first-order valence-electron chi connectivity index (χ1n) is 9.08. The van der Waals surface area contributed by atoms with Gasteiger partial charge in [-0.2, -0.15) is 0 Å². The molecule has 0 radical (unpaired) electrons. The summed E-state index contributed by atoms with van der Waals surface area (Å²) in [4.78, 5) is 30.0. The fourth-order valence-corrected chi connectivity index (χ4v) is 3.94. The topological polar surface area (TPSA) is 64.0 Å². The second-order valence-corrected chi connectivity index (χ2v) is 7.85. The number of hydrogen-bond acceptors (Lipinski definition) is 4. The number of carbonyl (C=O) groups excluding carboxylic acids is 1. The Morgan fingerprint density at radius 1 is 1.06 bits per heavy atom. The van der Waals surface area contributed by atoms with Crippen molar-refractivity contribution in [2.24, 2.45) is 0 Å². The summed E-state index contributed by atoms with van der Waals surface area (Å²) in [6.45, 7) is 0. The van der Waals surface area contributed by atoms with Crippen LogP contribution in [0.4, 0.5) is 14.5 Å². The van der Waals surface area contributed by atoms with Crippen molar-refractivity contribution >= 4 is 45.9 Å². The van der Waals surface area contributed by atoms with E-state index < -0.39 is 17.5 Å². The summed E-state index contributed by atoms with van der Waals surface area (Å²) >= 11 is 6.93. The van der Waals surface area contributed by atoms with Crippen molar-refractivity contribution in [1.82, 2.24) is 9.55 Å². The lowest BCUT2D eigenvalue weighted by atomic mass is 10.2. The Hall–Kier alpha value is -3.23. The van der Waals surface area contributed by atoms with Gasteiger partial charge in [-0.15, -0.1) is 0 Å². The first-order chi connectivity index (χ1) is 14.9. The Morgan fingerprint density at radius 2 is 1.87 bits per heavy atom. The Kier molecular flexibility index (Phi) is 6.01. The molecule has 0 spiro atoms. The third-order valence-corrected chi connectivity index (χ3v) is 5.58. The predicted molar refractivity (Wildman–Crippen MR) is 118 cm³/mol. The van der Waals surface area contributed by atoms with Crippen LogP contribution < -0.4 is 10.9 Å². The SMILES string of the molecule is O=C(CSc1nc2ccccc2c(=O)n1-c1ccc(F)c(Cl)c1)Nc1cccc(F)c1. The van der Waals surface area contributed by atoms with Gasteiger partial charge >= 0.3 is 0 Å². The molecule has 5 nitrogen and oxygen atoms in total. The minimum Gasteiger partial charge on any atom is -0.325 e. The van der Waals surface area contributed by atoms with Crippen LogP contribution in [0.25, 0.3) is 16.6 Å². The molecule has 0 saturated carbocycles. The summed E-state index contributed by atoms with van der Waals surface area (Å²) in [5.74, 6) is -1.57. The van der Waals surface area contributed by atoms with E-state index in [0.717, 1.165) is 17.8 Å². The van der Waals surface area contributed by atoms with Crippen molar-refractivity contribution in [2.75, 3.05) is 11.1 Å². The number of anilines is 1. The maximum absolute atomic E-state index is 13.6. The third kappa shape index (κ3) is 4.60. The molecule has 0 saturated heterocycles. The first kappa shape index (κ1) is 21.0. The molecule has 0 fully saturated rings. The number of thioether (sulfide) groups is 1. The fourth-order valence-electron chi connectivity index (χ4n) is 2.95. The van der Waals surface area contributed by atoms with Crippen LogP contribution in [0.2, 0.25) is 5.02 Å². The van der Waals surface area contributed by atoms with Crippen LogP contribution in [-0.2, 0) is 4.79 Å². The van der Waals surface area contributed by atoms with Crippen LogP contribution in [0, 0.1) is 11.6 Å². The summed E-state index contributed by atoms with van der Waals surface area (Å²) < 4.78 is 28.2. The van der Waals surface area contributed by atoms with Gasteiger partial charge in [0.05, 0.1) is 27.4 Å². The number of para-hydroxylation sites is 1. The molecule has 1 N–H and O–H groups in total. The molecule has 0 unspecified atom stereocenters. The number of benzene rings is 3. The lowest BCUT2D eigenvalue weighted by Gasteiger charge is -2.13. The number of rotatable bonds is 5. The second-order valence-electron chi connectivity index (χ2n) is 6.50. The monoisotopic (exact) mass is 457 g/mol. The molecule has 0 aliphatic carbocycles. The number of halogens is 3. The van der Waals surface area contributed by atoms with Gasteiger partial charge in [0.1, 0.15) is 11.6 Å². The van der Waals surface area contributed by atoms with Crippen LogP contribution in [0.1, 0.15) is 0 Å². The summed E-state index contributed by atoms with van der Waals surface area (Å²) in [5, 5.41) is 3.06. The molecule has 9 heteroatoms. The van der Waals surface area contributed by atoms with Crippen LogP contribution in [0.5, 0.6) is 0 Å². The molecule has 0 aliphatic rings. The third-order valence-electron chi connectivity index (χ3n) is 4.35. The highest BCUT2D eigenvalue weighted by Crippen LogP contribution is 2.24. The quantitative estimate of drug-likeness (QED) is 0.336. The highest BCUT2D eigenvalue weighted by molar-refractivity contribution is 7.99. The van der Waals surface area contributed by atoms with Gasteiger partial charge in [-0.25, -0.2) is 13.8 Å². The smallest absolute Gasteiger partial charge is 0.266 e. The van der Waals surface area contributed by atoms with Gasteiger partial charge in [-0.05, 0) is 48.5 Å². The number of aromatic nitrogens is 2. The lowest BCUT2D eigenvalue weighted by molar-refractivity contribution is -0.113. The van der Waals surface area contributed by atoms with Gasteiger partial charge in [-0.1, -0.05) is 41.6 Å². The first-order valence-corrected chi connectivity index (χ1v) is 10.4. The van der Waals surface area contributed by atoms with Crippen molar-refractivity contribution < 1.29 is 13.6 Å². The number of carbonyl (C=O) groups is 1. The number of nitrogens with one attached hydrogen (secondary N) is 1. The van der Waals surface area contributed by atoms with Crippen LogP contribution >= 0.6 is 23.4 Å². The maximum atomic E-state index is 13.6. The normalized spacial score (nSPS) is 10.9. The summed E-state index contributed by atoms with van der Waals surface area (Å²) in [6, 6.07) is 16.2. The fraction of sp³-hybridized carbons (Fsp3) is 0.0455. The number of hydrogen-bond donors (Lipinski definition) is 1. The van der Waals surface area contributed by atoms with Gasteiger partial charge < -0.3 is 5.32 Å². The zero-order chi connectivity index (χ0) is 22.0. The van der Waals surface area contributed by atoms with Crippen LogP contribution in [-0.4, -0.2) is 21.2 Å². The van der Waals surface area contributed by atoms with E-state index in [4.69, 9.17) is 11.6 Å². The second kappa shape index (κ2) is 8.87. The molecule has 1 amide bonds. The van der Waals surface area contributed by atoms with E-state index in [-0.39, 0.29) is 21.5 Å². The van der Waals surface area contributed by atoms with Crippen molar-refractivity contribution in [3.05, 3.63) is 93.7 Å². The molecule has 3 aromatic carbocycles. The van der Waals surface area contributed by atoms with Crippen LogP contribution in [0.3, 0.4) is 0 Å². The van der Waals surface area contributed by atoms with E-state index in [0.29, 0.717) is 22.3 Å². The molecule has 0 bridgehead atoms. The molecule has 1 aromatic heterocycles. The van der Waals surface area contributed by atoms with E-state index >= 15 is 0 Å².